The van der Waals surface area contributed by atoms with Crippen LogP contribution in [0.25, 0.3) is 0 Å². The van der Waals surface area contributed by atoms with Crippen LogP contribution in [0.3, 0.4) is 0 Å². The van der Waals surface area contributed by atoms with Gasteiger partial charge < -0.3 is 10.2 Å². The van der Waals surface area contributed by atoms with Gasteiger partial charge in [-0.3, -0.25) is 9.59 Å². The largest absolute Gasteiger partial charge is 0.352 e. The average molecular weight is 401 g/mol. The van der Waals surface area contributed by atoms with Crippen LogP contribution in [0.4, 0.5) is 0 Å². The lowest BCUT2D eigenvalue weighted by Crippen LogP contribution is -2.49. The number of benzene rings is 2. The van der Waals surface area contributed by atoms with Gasteiger partial charge in [-0.15, -0.1) is 0 Å². The molecule has 0 saturated heterocycles. The molecule has 0 fully saturated rings. The molecule has 0 aliphatic heterocycles. The zero-order chi connectivity index (χ0) is 20.5. The Morgan fingerprint density at radius 3 is 2.36 bits per heavy atom. The second-order valence-corrected chi connectivity index (χ2v) is 7.57. The number of carbonyl (C=O) groups is 2. The van der Waals surface area contributed by atoms with Crippen molar-refractivity contribution in [1.82, 2.24) is 10.2 Å². The van der Waals surface area contributed by atoms with E-state index in [1.165, 1.54) is 0 Å². The van der Waals surface area contributed by atoms with Crippen LogP contribution in [0.1, 0.15) is 44.7 Å². The van der Waals surface area contributed by atoms with Crippen molar-refractivity contribution in [3.63, 3.8) is 0 Å². The molecule has 4 nitrogen and oxygen atoms in total. The van der Waals surface area contributed by atoms with E-state index in [4.69, 9.17) is 11.6 Å². The molecule has 1 N–H and O–H groups in total. The number of amides is 2. The first kappa shape index (κ1) is 22.0. The summed E-state index contributed by atoms with van der Waals surface area (Å²) in [5, 5.41) is 3.59. The first-order valence-corrected chi connectivity index (χ1v) is 10.2. The van der Waals surface area contributed by atoms with Gasteiger partial charge in [-0.2, -0.15) is 0 Å². The highest BCUT2D eigenvalue weighted by Gasteiger charge is 2.26. The standard InChI is InChI=1S/C23H29ClN2O2/c1-4-17(2)25-23(28)18(3)26(16-20-11-8-12-21(24)15-20)22(27)14-13-19-9-6-5-7-10-19/h5-12,15,17-18H,4,13-14,16H2,1-3H3,(H,25,28)/t17-,18-/m1/s1. The average Bonchev–Trinajstić information content (AvgIpc) is 2.70. The third kappa shape index (κ3) is 6.68. The summed E-state index contributed by atoms with van der Waals surface area (Å²) in [4.78, 5) is 27.3. The van der Waals surface area contributed by atoms with Crippen LogP contribution in [0.15, 0.2) is 54.6 Å². The molecule has 0 spiro atoms. The minimum atomic E-state index is -0.559. The van der Waals surface area contributed by atoms with Crippen molar-refractivity contribution >= 4 is 23.4 Å². The van der Waals surface area contributed by atoms with E-state index in [0.29, 0.717) is 24.4 Å². The van der Waals surface area contributed by atoms with Crippen molar-refractivity contribution < 1.29 is 9.59 Å². The number of nitrogens with zero attached hydrogens (tertiary/aromatic N) is 1. The number of hydrogen-bond acceptors (Lipinski definition) is 2. The van der Waals surface area contributed by atoms with Gasteiger partial charge in [0.2, 0.25) is 11.8 Å². The van der Waals surface area contributed by atoms with Crippen LogP contribution in [-0.4, -0.2) is 28.8 Å². The Morgan fingerprint density at radius 1 is 1.04 bits per heavy atom. The molecule has 0 unspecified atom stereocenters. The molecule has 0 aliphatic carbocycles. The molecule has 28 heavy (non-hydrogen) atoms. The summed E-state index contributed by atoms with van der Waals surface area (Å²) in [5.41, 5.74) is 2.01. The summed E-state index contributed by atoms with van der Waals surface area (Å²) < 4.78 is 0. The zero-order valence-electron chi connectivity index (χ0n) is 16.8. The molecule has 0 bridgehead atoms. The van der Waals surface area contributed by atoms with Gasteiger partial charge in [0.05, 0.1) is 0 Å². The number of nitrogens with one attached hydrogen (secondary N) is 1. The van der Waals surface area contributed by atoms with E-state index >= 15 is 0 Å². The van der Waals surface area contributed by atoms with Gasteiger partial charge >= 0.3 is 0 Å². The summed E-state index contributed by atoms with van der Waals surface area (Å²) >= 11 is 6.10. The molecule has 5 heteroatoms. The van der Waals surface area contributed by atoms with E-state index in [1.807, 2.05) is 62.4 Å². The molecule has 2 aromatic carbocycles. The normalized spacial score (nSPS) is 12.9. The number of aryl methyl sites for hydroxylation is 1. The van der Waals surface area contributed by atoms with Crippen molar-refractivity contribution in [3.8, 4) is 0 Å². The maximum Gasteiger partial charge on any atom is 0.242 e. The quantitative estimate of drug-likeness (QED) is 0.668. The SMILES string of the molecule is CC[C@@H](C)NC(=O)[C@@H](C)N(Cc1cccc(Cl)c1)C(=O)CCc1ccccc1. The second-order valence-electron chi connectivity index (χ2n) is 7.13. The summed E-state index contributed by atoms with van der Waals surface area (Å²) in [7, 11) is 0. The van der Waals surface area contributed by atoms with Crippen LogP contribution < -0.4 is 5.32 Å². The zero-order valence-corrected chi connectivity index (χ0v) is 17.6. The third-order valence-corrected chi connectivity index (χ3v) is 5.12. The molecule has 0 radical (unpaired) electrons. The maximum absolute atomic E-state index is 13.0. The van der Waals surface area contributed by atoms with Crippen LogP contribution in [-0.2, 0) is 22.6 Å². The van der Waals surface area contributed by atoms with E-state index in [-0.39, 0.29) is 17.9 Å². The molecule has 0 heterocycles. The topological polar surface area (TPSA) is 49.4 Å². The van der Waals surface area contributed by atoms with Gasteiger partial charge in [0.25, 0.3) is 0 Å². The van der Waals surface area contributed by atoms with Crippen LogP contribution >= 0.6 is 11.6 Å². The monoisotopic (exact) mass is 400 g/mol. The highest BCUT2D eigenvalue weighted by Crippen LogP contribution is 2.16. The minimum absolute atomic E-state index is 0.0457. The van der Waals surface area contributed by atoms with Crippen LogP contribution in [0.2, 0.25) is 5.02 Å². The molecule has 2 atom stereocenters. The number of carbonyl (C=O) groups excluding carboxylic acids is 2. The lowest BCUT2D eigenvalue weighted by Gasteiger charge is -2.30. The number of rotatable bonds is 9. The third-order valence-electron chi connectivity index (χ3n) is 4.88. The van der Waals surface area contributed by atoms with Gasteiger partial charge in [0.1, 0.15) is 6.04 Å². The molecular formula is C23H29ClN2O2. The lowest BCUT2D eigenvalue weighted by atomic mass is 10.1. The predicted octanol–water partition coefficient (Wildman–Crippen LogP) is 4.60. The molecule has 2 amide bonds. The van der Waals surface area contributed by atoms with E-state index in [2.05, 4.69) is 5.32 Å². The molecular weight excluding hydrogens is 372 g/mol. The van der Waals surface area contributed by atoms with E-state index in [0.717, 1.165) is 17.5 Å². The highest BCUT2D eigenvalue weighted by molar-refractivity contribution is 6.30. The first-order valence-electron chi connectivity index (χ1n) is 9.79. The Morgan fingerprint density at radius 2 is 1.71 bits per heavy atom. The maximum atomic E-state index is 13.0. The van der Waals surface area contributed by atoms with E-state index < -0.39 is 6.04 Å². The Balaban J connectivity index is 2.14. The van der Waals surface area contributed by atoms with E-state index in [1.54, 1.807) is 17.9 Å². The Hall–Kier alpha value is -2.33. The Kier molecular flexibility index (Phi) is 8.52. The molecule has 0 aliphatic rings. The van der Waals surface area contributed by atoms with Crippen molar-refractivity contribution in [1.29, 1.82) is 0 Å². The molecule has 150 valence electrons. The first-order chi connectivity index (χ1) is 13.4. The Bertz CT molecular complexity index is 779. The molecule has 0 aromatic heterocycles. The van der Waals surface area contributed by atoms with E-state index in [9.17, 15) is 9.59 Å². The van der Waals surface area contributed by atoms with Gasteiger partial charge in [-0.25, -0.2) is 0 Å². The summed E-state index contributed by atoms with van der Waals surface area (Å²) in [6.45, 7) is 6.11. The van der Waals surface area contributed by atoms with Crippen molar-refractivity contribution in [2.24, 2.45) is 0 Å². The van der Waals surface area contributed by atoms with Crippen molar-refractivity contribution in [2.75, 3.05) is 0 Å². The van der Waals surface area contributed by atoms with Crippen LogP contribution in [0.5, 0.6) is 0 Å². The summed E-state index contributed by atoms with van der Waals surface area (Å²) in [6.07, 6.45) is 1.84. The minimum Gasteiger partial charge on any atom is -0.352 e. The second kappa shape index (κ2) is 10.9. The van der Waals surface area contributed by atoms with Crippen molar-refractivity contribution in [2.45, 2.75) is 58.7 Å². The van der Waals surface area contributed by atoms with Crippen molar-refractivity contribution in [3.05, 3.63) is 70.7 Å². The summed E-state index contributed by atoms with van der Waals surface area (Å²) in [5.74, 6) is -0.180. The van der Waals surface area contributed by atoms with Gasteiger partial charge in [0, 0.05) is 24.0 Å². The fourth-order valence-electron chi connectivity index (χ4n) is 2.92. The molecule has 2 rings (SSSR count). The predicted molar refractivity (Wildman–Crippen MR) is 114 cm³/mol. The number of halogens is 1. The van der Waals surface area contributed by atoms with Crippen LogP contribution in [0, 0.1) is 0 Å². The summed E-state index contributed by atoms with van der Waals surface area (Å²) in [6, 6.07) is 16.8. The lowest BCUT2D eigenvalue weighted by molar-refractivity contribution is -0.140. The smallest absolute Gasteiger partial charge is 0.242 e. The molecule has 2 aromatic rings. The fraction of sp³-hybridized carbons (Fsp3) is 0.391. The Labute approximate surface area is 172 Å². The van der Waals surface area contributed by atoms with Gasteiger partial charge in [-0.05, 0) is 49.9 Å². The van der Waals surface area contributed by atoms with Gasteiger partial charge in [0.15, 0.2) is 0 Å². The number of hydrogen-bond donors (Lipinski definition) is 1. The van der Waals surface area contributed by atoms with Gasteiger partial charge in [-0.1, -0.05) is 61.0 Å². The highest BCUT2D eigenvalue weighted by atomic mass is 35.5. The fourth-order valence-corrected chi connectivity index (χ4v) is 3.13. The molecule has 0 saturated carbocycles.